The van der Waals surface area contributed by atoms with Gasteiger partial charge in [0.2, 0.25) is 0 Å². The van der Waals surface area contributed by atoms with Crippen molar-refractivity contribution in [2.24, 2.45) is 5.16 Å². The van der Waals surface area contributed by atoms with E-state index in [9.17, 15) is 22.0 Å². The first-order valence-corrected chi connectivity index (χ1v) is 12.4. The predicted molar refractivity (Wildman–Crippen MR) is 123 cm³/mol. The van der Waals surface area contributed by atoms with Crippen LogP contribution in [0.5, 0.6) is 0 Å². The van der Waals surface area contributed by atoms with Gasteiger partial charge in [0, 0.05) is 30.0 Å². The number of oxime groups is 1. The fraction of sp³-hybridized carbons (Fsp3) is 0.417. The van der Waals surface area contributed by atoms with E-state index in [1.165, 1.54) is 34.2 Å². The number of hydrogen-bond acceptors (Lipinski definition) is 6. The first-order valence-electron chi connectivity index (χ1n) is 11.5. The van der Waals surface area contributed by atoms with E-state index < -0.39 is 29.6 Å². The molecule has 1 aromatic carbocycles. The summed E-state index contributed by atoms with van der Waals surface area (Å²) in [6, 6.07) is 4.75. The van der Waals surface area contributed by atoms with Crippen LogP contribution in [0.1, 0.15) is 58.9 Å². The molecule has 1 saturated heterocycles. The molecule has 3 aromatic rings. The third-order valence-corrected chi connectivity index (χ3v) is 7.48. The molecule has 1 radical (unpaired) electrons. The van der Waals surface area contributed by atoms with Gasteiger partial charge in [-0.15, -0.1) is 11.3 Å². The Morgan fingerprint density at radius 3 is 2.56 bits per heavy atom. The maximum absolute atomic E-state index is 14.1. The van der Waals surface area contributed by atoms with Crippen LogP contribution >= 0.6 is 11.3 Å². The van der Waals surface area contributed by atoms with E-state index in [4.69, 9.17) is 9.82 Å². The molecule has 5 rings (SSSR count). The summed E-state index contributed by atoms with van der Waals surface area (Å²) in [5.41, 5.74) is 0.661. The average molecular weight is 525 g/mol. The van der Waals surface area contributed by atoms with Gasteiger partial charge in [0.15, 0.2) is 11.8 Å². The van der Waals surface area contributed by atoms with Gasteiger partial charge in [0.05, 0.1) is 22.8 Å². The first kappa shape index (κ1) is 24.8. The number of thiazole rings is 1. The van der Waals surface area contributed by atoms with Crippen molar-refractivity contribution in [1.82, 2.24) is 19.7 Å². The molecular weight excluding hydrogens is 501 g/mol. The number of halogens is 5. The molecule has 0 N–H and O–H groups in total. The molecule has 1 fully saturated rings. The van der Waals surface area contributed by atoms with Crippen LogP contribution in [0.25, 0.3) is 0 Å². The minimum absolute atomic E-state index is 0.129. The zero-order valence-electron chi connectivity index (χ0n) is 19.3. The van der Waals surface area contributed by atoms with E-state index in [1.54, 1.807) is 6.92 Å². The molecule has 2 aliphatic heterocycles. The van der Waals surface area contributed by atoms with Gasteiger partial charge in [-0.25, -0.2) is 13.8 Å². The van der Waals surface area contributed by atoms with Gasteiger partial charge in [-0.05, 0) is 51.1 Å². The molecule has 6 nitrogen and oxygen atoms in total. The van der Waals surface area contributed by atoms with Crippen LogP contribution in [0, 0.1) is 25.1 Å². The number of alkyl halides is 3. The summed E-state index contributed by atoms with van der Waals surface area (Å²) < 4.78 is 68.1. The second kappa shape index (κ2) is 9.89. The molecule has 0 aliphatic carbocycles. The van der Waals surface area contributed by atoms with Crippen LogP contribution in [0.2, 0.25) is 0 Å². The number of benzene rings is 1. The van der Waals surface area contributed by atoms with Crippen LogP contribution in [-0.2, 0) is 17.6 Å². The smallest absolute Gasteiger partial charge is 0.387 e. The lowest BCUT2D eigenvalue weighted by molar-refractivity contribution is -0.141. The highest BCUT2D eigenvalue weighted by atomic mass is 32.1. The van der Waals surface area contributed by atoms with E-state index in [-0.39, 0.29) is 24.4 Å². The molecule has 0 saturated carbocycles. The van der Waals surface area contributed by atoms with E-state index >= 15 is 0 Å². The molecule has 12 heteroatoms. The zero-order valence-corrected chi connectivity index (χ0v) is 20.1. The second-order valence-electron chi connectivity index (χ2n) is 8.89. The van der Waals surface area contributed by atoms with Crippen molar-refractivity contribution in [1.29, 1.82) is 0 Å². The maximum Gasteiger partial charge on any atom is 0.435 e. The Labute approximate surface area is 208 Å². The van der Waals surface area contributed by atoms with E-state index in [2.05, 4.69) is 15.2 Å². The van der Waals surface area contributed by atoms with Crippen LogP contribution in [0.15, 0.2) is 34.8 Å². The van der Waals surface area contributed by atoms with E-state index in [0.717, 1.165) is 37.0 Å². The highest BCUT2D eigenvalue weighted by Crippen LogP contribution is 2.35. The Balaban J connectivity index is 1.14. The first-order chi connectivity index (χ1) is 17.2. The normalized spacial score (nSPS) is 19.5. The van der Waals surface area contributed by atoms with E-state index in [1.807, 2.05) is 11.9 Å². The summed E-state index contributed by atoms with van der Waals surface area (Å²) in [5.74, 6) is -1.08. The fourth-order valence-corrected chi connectivity index (χ4v) is 5.47. The largest absolute Gasteiger partial charge is 0.435 e. The number of aryl methyl sites for hydroxylation is 1. The standard InChI is InChI=1S/C24H23F5N5OS/c1-14-11-21(24(27,28)29)31-34(14)10-9-33-7-5-15(6-8-33)23-30-19(13-36-23)18-12-20(35-32-18)22-16(25)3-2-4-17(22)26/h2-4,9,11,13,15,20H,5-8,10,12H2,1H3. The maximum atomic E-state index is 14.1. The second-order valence-corrected chi connectivity index (χ2v) is 9.78. The van der Waals surface area contributed by atoms with Crippen molar-refractivity contribution in [3.63, 3.8) is 0 Å². The SMILES string of the molecule is Cc1cc(C(F)(F)F)nn1C[CH]N1CCC(c2nc(C3=NOC(c4c(F)cccc4F)C3)cs2)CC1. The number of nitrogens with zero attached hydrogens (tertiary/aromatic N) is 5. The Morgan fingerprint density at radius 1 is 1.17 bits per heavy atom. The Kier molecular flexibility index (Phi) is 6.82. The van der Waals surface area contributed by atoms with Crippen molar-refractivity contribution in [2.75, 3.05) is 13.1 Å². The Morgan fingerprint density at radius 2 is 1.89 bits per heavy atom. The van der Waals surface area contributed by atoms with Gasteiger partial charge >= 0.3 is 6.18 Å². The number of rotatable bonds is 6. The number of aromatic nitrogens is 3. The minimum Gasteiger partial charge on any atom is -0.387 e. The molecule has 0 spiro atoms. The number of hydrogen-bond donors (Lipinski definition) is 0. The van der Waals surface area contributed by atoms with E-state index in [0.29, 0.717) is 17.1 Å². The average Bonchev–Trinajstić information content (AvgIpc) is 3.58. The van der Waals surface area contributed by atoms with Crippen molar-refractivity contribution in [3.05, 3.63) is 75.5 Å². The summed E-state index contributed by atoms with van der Waals surface area (Å²) in [6.07, 6.45) is -3.35. The van der Waals surface area contributed by atoms with Gasteiger partial charge in [-0.1, -0.05) is 11.2 Å². The predicted octanol–water partition coefficient (Wildman–Crippen LogP) is 5.85. The lowest BCUT2D eigenvalue weighted by atomic mass is 9.97. The molecule has 1 unspecified atom stereocenters. The van der Waals surface area contributed by atoms with Crippen molar-refractivity contribution in [2.45, 2.75) is 50.9 Å². The summed E-state index contributed by atoms with van der Waals surface area (Å²) in [6.45, 7) is 5.28. The summed E-state index contributed by atoms with van der Waals surface area (Å²) >= 11 is 1.52. The van der Waals surface area contributed by atoms with Gasteiger partial charge in [-0.2, -0.15) is 18.3 Å². The summed E-state index contributed by atoms with van der Waals surface area (Å²) in [5, 5.41) is 10.5. The minimum atomic E-state index is -4.45. The molecule has 2 aliphatic rings. The highest BCUT2D eigenvalue weighted by Gasteiger charge is 2.35. The Bertz CT molecular complexity index is 1240. The third kappa shape index (κ3) is 5.15. The molecule has 2 aromatic heterocycles. The highest BCUT2D eigenvalue weighted by molar-refractivity contribution is 7.10. The van der Waals surface area contributed by atoms with Crippen LogP contribution in [0.3, 0.4) is 0 Å². The number of likely N-dealkylation sites (tertiary alicyclic amines) is 1. The quantitative estimate of drug-likeness (QED) is 0.380. The van der Waals surface area contributed by atoms with Crippen molar-refractivity contribution >= 4 is 17.0 Å². The zero-order chi connectivity index (χ0) is 25.4. The topological polar surface area (TPSA) is 55.5 Å². The number of piperidine rings is 1. The molecule has 191 valence electrons. The molecule has 4 heterocycles. The lowest BCUT2D eigenvalue weighted by Crippen LogP contribution is -2.32. The molecule has 0 bridgehead atoms. The molecule has 0 amide bonds. The summed E-state index contributed by atoms with van der Waals surface area (Å²) in [7, 11) is 0. The third-order valence-electron chi connectivity index (χ3n) is 6.47. The molecule has 36 heavy (non-hydrogen) atoms. The lowest BCUT2D eigenvalue weighted by Gasteiger charge is -2.30. The van der Waals surface area contributed by atoms with Crippen molar-refractivity contribution in [3.8, 4) is 0 Å². The van der Waals surface area contributed by atoms with Crippen LogP contribution < -0.4 is 0 Å². The molecule has 1 atom stereocenters. The van der Waals surface area contributed by atoms with Gasteiger partial charge in [0.1, 0.15) is 17.3 Å². The molecular formula is C24H23F5N5OS. The van der Waals surface area contributed by atoms with Crippen LogP contribution in [0.4, 0.5) is 22.0 Å². The fourth-order valence-electron chi connectivity index (χ4n) is 4.46. The van der Waals surface area contributed by atoms with Gasteiger partial charge in [-0.3, -0.25) is 9.58 Å². The Hall–Kier alpha value is -2.86. The van der Waals surface area contributed by atoms with Crippen LogP contribution in [-0.4, -0.2) is 38.5 Å². The van der Waals surface area contributed by atoms with Gasteiger partial charge < -0.3 is 4.84 Å². The van der Waals surface area contributed by atoms with Crippen molar-refractivity contribution < 1.29 is 26.8 Å². The monoisotopic (exact) mass is 524 g/mol. The van der Waals surface area contributed by atoms with Gasteiger partial charge in [0.25, 0.3) is 0 Å². The summed E-state index contributed by atoms with van der Waals surface area (Å²) in [4.78, 5) is 12.1.